The van der Waals surface area contributed by atoms with Gasteiger partial charge in [-0.3, -0.25) is 0 Å². The van der Waals surface area contributed by atoms with Gasteiger partial charge in [0.2, 0.25) is 0 Å². The maximum atomic E-state index is 9.06. The highest BCUT2D eigenvalue weighted by Crippen LogP contribution is 2.33. The Morgan fingerprint density at radius 2 is 1.91 bits per heavy atom. The van der Waals surface area contributed by atoms with Gasteiger partial charge in [0.25, 0.3) is 0 Å². The van der Waals surface area contributed by atoms with Gasteiger partial charge >= 0.3 is 0 Å². The van der Waals surface area contributed by atoms with Crippen LogP contribution in [0.25, 0.3) is 0 Å². The van der Waals surface area contributed by atoms with Crippen molar-refractivity contribution in [1.82, 2.24) is 0 Å². The first-order valence-electron chi connectivity index (χ1n) is 3.02. The minimum Gasteiger partial charge on any atom is -0.506 e. The maximum absolute atomic E-state index is 9.06. The molecule has 0 aliphatic carbocycles. The molecule has 0 fully saturated rings. The Morgan fingerprint density at radius 3 is 2.45 bits per heavy atom. The first-order valence-corrected chi connectivity index (χ1v) is 3.78. The monoisotopic (exact) mass is 191 g/mol. The Kier molecular flexibility index (Phi) is 2.60. The molecule has 4 heteroatoms. The number of rotatable bonds is 1. The zero-order valence-electron chi connectivity index (χ0n) is 5.64. The Balaban J connectivity index is 3.25. The van der Waals surface area contributed by atoms with Gasteiger partial charge in [0.15, 0.2) is 0 Å². The van der Waals surface area contributed by atoms with Gasteiger partial charge in [-0.15, -0.1) is 0 Å². The van der Waals surface area contributed by atoms with E-state index in [-0.39, 0.29) is 10.8 Å². The topological polar surface area (TPSA) is 46.2 Å². The molecule has 0 aliphatic rings. The summed E-state index contributed by atoms with van der Waals surface area (Å²) < 4.78 is 0. The summed E-state index contributed by atoms with van der Waals surface area (Å²) >= 11 is 11.4. The van der Waals surface area contributed by atoms with Gasteiger partial charge in [-0.25, -0.2) is 0 Å². The zero-order valence-corrected chi connectivity index (χ0v) is 7.15. The lowest BCUT2D eigenvalue weighted by molar-refractivity contribution is 0.475. The average molecular weight is 192 g/mol. The molecule has 1 aromatic rings. The summed E-state index contributed by atoms with van der Waals surface area (Å²) in [5.41, 5.74) is 6.08. The SMILES string of the molecule is NCc1ccc(O)c(Cl)c1Cl. The molecule has 1 aromatic carbocycles. The number of hydrogen-bond acceptors (Lipinski definition) is 2. The number of benzene rings is 1. The van der Waals surface area contributed by atoms with Crippen LogP contribution in [0.3, 0.4) is 0 Å². The molecule has 3 N–H and O–H groups in total. The third-order valence-corrected chi connectivity index (χ3v) is 2.27. The van der Waals surface area contributed by atoms with E-state index in [2.05, 4.69) is 0 Å². The quantitative estimate of drug-likeness (QED) is 0.715. The van der Waals surface area contributed by atoms with Crippen LogP contribution in [0.1, 0.15) is 5.56 Å². The minimum atomic E-state index is -0.0196. The summed E-state index contributed by atoms with van der Waals surface area (Å²) in [6, 6.07) is 3.11. The molecule has 0 radical (unpaired) electrons. The van der Waals surface area contributed by atoms with Crippen LogP contribution < -0.4 is 5.73 Å². The Labute approximate surface area is 74.5 Å². The number of aromatic hydroxyl groups is 1. The third-order valence-electron chi connectivity index (χ3n) is 1.36. The summed E-state index contributed by atoms with van der Waals surface area (Å²) in [5.74, 6) is -0.0196. The van der Waals surface area contributed by atoms with Gasteiger partial charge in [0.1, 0.15) is 10.8 Å². The lowest BCUT2D eigenvalue weighted by Gasteiger charge is -2.03. The highest BCUT2D eigenvalue weighted by Gasteiger charge is 2.06. The number of halogens is 2. The second-order valence-corrected chi connectivity index (χ2v) is 2.83. The maximum Gasteiger partial charge on any atom is 0.135 e. The van der Waals surface area contributed by atoms with Crippen LogP contribution >= 0.6 is 23.2 Å². The van der Waals surface area contributed by atoms with Crippen LogP contribution in [0, 0.1) is 0 Å². The van der Waals surface area contributed by atoms with E-state index in [1.165, 1.54) is 6.07 Å². The molecule has 0 amide bonds. The molecule has 60 valence electrons. The lowest BCUT2D eigenvalue weighted by Crippen LogP contribution is -1.96. The van der Waals surface area contributed by atoms with Crippen LogP contribution in [-0.4, -0.2) is 5.11 Å². The van der Waals surface area contributed by atoms with E-state index in [4.69, 9.17) is 34.0 Å². The first-order chi connectivity index (χ1) is 5.16. The van der Waals surface area contributed by atoms with Crippen LogP contribution in [0.5, 0.6) is 5.75 Å². The smallest absolute Gasteiger partial charge is 0.135 e. The van der Waals surface area contributed by atoms with Crippen molar-refractivity contribution in [1.29, 1.82) is 0 Å². The summed E-state index contributed by atoms with van der Waals surface area (Å²) in [4.78, 5) is 0. The van der Waals surface area contributed by atoms with Gasteiger partial charge in [-0.05, 0) is 11.6 Å². The summed E-state index contributed by atoms with van der Waals surface area (Å²) in [7, 11) is 0. The van der Waals surface area contributed by atoms with Crippen LogP contribution in [0.2, 0.25) is 10.0 Å². The van der Waals surface area contributed by atoms with Crippen LogP contribution in [0.4, 0.5) is 0 Å². The molecular formula is C7H7Cl2NO. The molecule has 0 heterocycles. The van der Waals surface area contributed by atoms with Gasteiger partial charge in [-0.1, -0.05) is 29.3 Å². The molecule has 0 aliphatic heterocycles. The molecule has 0 saturated heterocycles. The molecule has 11 heavy (non-hydrogen) atoms. The van der Waals surface area contributed by atoms with Crippen molar-refractivity contribution >= 4 is 23.2 Å². The van der Waals surface area contributed by atoms with Crippen LogP contribution in [0.15, 0.2) is 12.1 Å². The molecule has 1 rings (SSSR count). The van der Waals surface area contributed by atoms with Crippen LogP contribution in [-0.2, 0) is 6.54 Å². The number of hydrogen-bond donors (Lipinski definition) is 2. The fraction of sp³-hybridized carbons (Fsp3) is 0.143. The average Bonchev–Trinajstić information content (AvgIpc) is 2.01. The van der Waals surface area contributed by atoms with E-state index in [0.717, 1.165) is 5.56 Å². The van der Waals surface area contributed by atoms with E-state index in [1.807, 2.05) is 0 Å². The van der Waals surface area contributed by atoms with Crippen molar-refractivity contribution in [3.8, 4) is 5.75 Å². The Bertz CT molecular complexity index is 275. The second kappa shape index (κ2) is 3.30. The standard InChI is InChI=1S/C7H7Cl2NO/c8-6-4(3-10)1-2-5(11)7(6)9/h1-2,11H,3,10H2. The largest absolute Gasteiger partial charge is 0.506 e. The van der Waals surface area contributed by atoms with Gasteiger partial charge in [0.05, 0.1) is 5.02 Å². The van der Waals surface area contributed by atoms with Gasteiger partial charge < -0.3 is 10.8 Å². The molecule has 0 unspecified atom stereocenters. The first kappa shape index (κ1) is 8.65. The van der Waals surface area contributed by atoms with Crippen molar-refractivity contribution in [2.45, 2.75) is 6.54 Å². The lowest BCUT2D eigenvalue weighted by atomic mass is 10.2. The van der Waals surface area contributed by atoms with E-state index in [1.54, 1.807) is 6.07 Å². The summed E-state index contributed by atoms with van der Waals surface area (Å²) in [5, 5.41) is 9.55. The van der Waals surface area contributed by atoms with Gasteiger partial charge in [-0.2, -0.15) is 0 Å². The Morgan fingerprint density at radius 1 is 1.27 bits per heavy atom. The molecule has 0 atom stereocenters. The molecule has 0 aromatic heterocycles. The number of nitrogens with two attached hydrogens (primary N) is 1. The highest BCUT2D eigenvalue weighted by atomic mass is 35.5. The van der Waals surface area contributed by atoms with Gasteiger partial charge in [0, 0.05) is 6.54 Å². The van der Waals surface area contributed by atoms with Crippen molar-refractivity contribution in [3.63, 3.8) is 0 Å². The molecular weight excluding hydrogens is 185 g/mol. The van der Waals surface area contributed by atoms with E-state index < -0.39 is 0 Å². The molecule has 0 saturated carbocycles. The fourth-order valence-corrected chi connectivity index (χ4v) is 1.16. The van der Waals surface area contributed by atoms with Crippen molar-refractivity contribution in [2.24, 2.45) is 5.73 Å². The normalized spacial score (nSPS) is 10.1. The molecule has 0 spiro atoms. The molecule has 0 bridgehead atoms. The van der Waals surface area contributed by atoms with Crippen molar-refractivity contribution in [2.75, 3.05) is 0 Å². The zero-order chi connectivity index (χ0) is 8.43. The summed E-state index contributed by atoms with van der Waals surface area (Å²) in [6.45, 7) is 0.318. The number of phenols is 1. The predicted molar refractivity (Wildman–Crippen MR) is 46.0 cm³/mol. The molecule has 2 nitrogen and oxygen atoms in total. The van der Waals surface area contributed by atoms with E-state index in [9.17, 15) is 0 Å². The van der Waals surface area contributed by atoms with E-state index in [0.29, 0.717) is 11.6 Å². The fourth-order valence-electron chi connectivity index (χ4n) is 0.737. The number of phenolic OH excluding ortho intramolecular Hbond substituents is 1. The Hall–Kier alpha value is -0.440. The van der Waals surface area contributed by atoms with Crippen molar-refractivity contribution < 1.29 is 5.11 Å². The summed E-state index contributed by atoms with van der Waals surface area (Å²) in [6.07, 6.45) is 0. The third kappa shape index (κ3) is 1.59. The predicted octanol–water partition coefficient (Wildman–Crippen LogP) is 2.16. The second-order valence-electron chi connectivity index (χ2n) is 2.08. The highest BCUT2D eigenvalue weighted by molar-refractivity contribution is 6.43. The van der Waals surface area contributed by atoms with E-state index >= 15 is 0 Å². The van der Waals surface area contributed by atoms with Crippen molar-refractivity contribution in [3.05, 3.63) is 27.7 Å². The minimum absolute atomic E-state index is 0.0196.